The van der Waals surface area contributed by atoms with Gasteiger partial charge in [-0.1, -0.05) is 37.0 Å². The molecule has 4 atom stereocenters. The lowest BCUT2D eigenvalue weighted by Crippen LogP contribution is -2.50. The van der Waals surface area contributed by atoms with Crippen LogP contribution in [0, 0.1) is 17.8 Å². The number of amides is 2. The Labute approximate surface area is 200 Å². The molecule has 1 aliphatic heterocycles. The summed E-state index contributed by atoms with van der Waals surface area (Å²) in [5, 5.41) is 19.2. The molecule has 0 unspecified atom stereocenters. The van der Waals surface area contributed by atoms with E-state index in [1.165, 1.54) is 6.20 Å². The second-order valence-corrected chi connectivity index (χ2v) is 8.70. The van der Waals surface area contributed by atoms with Crippen LogP contribution in [0.4, 0.5) is 0 Å². The van der Waals surface area contributed by atoms with Crippen LogP contribution >= 0.6 is 0 Å². The first-order valence-electron chi connectivity index (χ1n) is 11.3. The molecule has 1 aromatic heterocycles. The number of pyridine rings is 1. The molecule has 180 valence electrons. The highest BCUT2D eigenvalue weighted by atomic mass is 16.5. The maximum atomic E-state index is 13.4. The number of nitrogens with zero attached hydrogens (tertiary/aromatic N) is 3. The van der Waals surface area contributed by atoms with E-state index in [0.29, 0.717) is 17.7 Å². The molecule has 3 rings (SSSR count). The van der Waals surface area contributed by atoms with Gasteiger partial charge in [0.05, 0.1) is 19.2 Å². The summed E-state index contributed by atoms with van der Waals surface area (Å²) in [6.07, 6.45) is 0.228. The number of aromatic nitrogens is 1. The van der Waals surface area contributed by atoms with Crippen LogP contribution in [0.2, 0.25) is 0 Å². The lowest BCUT2D eigenvalue weighted by molar-refractivity contribution is 0.0313. The van der Waals surface area contributed by atoms with Crippen molar-refractivity contribution in [1.82, 2.24) is 14.8 Å². The molecule has 0 radical (unpaired) electrons. The first-order chi connectivity index (χ1) is 16.2. The van der Waals surface area contributed by atoms with Gasteiger partial charge in [0, 0.05) is 36.8 Å². The molecule has 8 nitrogen and oxygen atoms in total. The minimum atomic E-state index is -0.817. The first kappa shape index (κ1) is 25.2. The summed E-state index contributed by atoms with van der Waals surface area (Å²) in [6, 6.07) is 10.2. The van der Waals surface area contributed by atoms with Crippen LogP contribution in [0.15, 0.2) is 42.6 Å². The van der Waals surface area contributed by atoms with Gasteiger partial charge in [-0.3, -0.25) is 9.59 Å². The van der Waals surface area contributed by atoms with Crippen molar-refractivity contribution in [3.05, 3.63) is 59.3 Å². The molecule has 0 saturated heterocycles. The fourth-order valence-electron chi connectivity index (χ4n) is 3.73. The smallest absolute Gasteiger partial charge is 0.259 e. The molecule has 0 aliphatic carbocycles. The number of benzene rings is 1. The predicted molar refractivity (Wildman–Crippen MR) is 127 cm³/mol. The molecule has 0 saturated carbocycles. The van der Waals surface area contributed by atoms with Gasteiger partial charge in [0.25, 0.3) is 11.8 Å². The Hall–Kier alpha value is -3.41. The van der Waals surface area contributed by atoms with Gasteiger partial charge in [-0.2, -0.15) is 0 Å². The molecule has 1 aromatic carbocycles. The maximum absolute atomic E-state index is 13.4. The van der Waals surface area contributed by atoms with Crippen molar-refractivity contribution in [3.8, 4) is 17.7 Å². The number of rotatable bonds is 5. The fraction of sp³-hybridized carbons (Fsp3) is 0.423. The minimum absolute atomic E-state index is 0.132. The Morgan fingerprint density at radius 1 is 1.32 bits per heavy atom. The van der Waals surface area contributed by atoms with E-state index in [1.54, 1.807) is 48.9 Å². The van der Waals surface area contributed by atoms with E-state index in [4.69, 9.17) is 4.74 Å². The van der Waals surface area contributed by atoms with Crippen molar-refractivity contribution in [2.75, 3.05) is 26.7 Å². The van der Waals surface area contributed by atoms with E-state index >= 15 is 0 Å². The van der Waals surface area contributed by atoms with Gasteiger partial charge in [-0.25, -0.2) is 4.98 Å². The average molecular weight is 466 g/mol. The Morgan fingerprint density at radius 3 is 2.68 bits per heavy atom. The lowest BCUT2D eigenvalue weighted by atomic mass is 9.99. The van der Waals surface area contributed by atoms with E-state index in [-0.39, 0.29) is 42.3 Å². The van der Waals surface area contributed by atoms with Crippen molar-refractivity contribution in [3.63, 3.8) is 0 Å². The molecule has 2 N–H and O–H groups in total. The topological polar surface area (TPSA) is 103 Å². The zero-order valence-corrected chi connectivity index (χ0v) is 19.9. The molecular formula is C26H31N3O5. The molecule has 2 aromatic rings. The average Bonchev–Trinajstić information content (AvgIpc) is 2.84. The van der Waals surface area contributed by atoms with Crippen molar-refractivity contribution in [1.29, 1.82) is 0 Å². The number of hydrogen-bond donors (Lipinski definition) is 2. The molecule has 34 heavy (non-hydrogen) atoms. The SMILES string of the molecule is C[C@H](O)C#Cc1cnc2c(c1)C(=O)N([C@@H](C)CO)C[C@@H](C)[C@H](CN(C)C(=O)c1ccccc1)O2. The lowest BCUT2D eigenvalue weighted by Gasteiger charge is -2.37. The number of hydrogen-bond acceptors (Lipinski definition) is 6. The van der Waals surface area contributed by atoms with Crippen LogP contribution < -0.4 is 4.74 Å². The van der Waals surface area contributed by atoms with Gasteiger partial charge in [0.15, 0.2) is 0 Å². The number of carbonyl (C=O) groups is 2. The summed E-state index contributed by atoms with van der Waals surface area (Å²) in [6.45, 7) is 5.70. The number of aliphatic hydroxyl groups is 2. The maximum Gasteiger partial charge on any atom is 0.259 e. The summed E-state index contributed by atoms with van der Waals surface area (Å²) in [5.41, 5.74) is 1.27. The molecule has 2 heterocycles. The number of ether oxygens (including phenoxy) is 1. The standard InChI is InChI=1S/C26H31N3O5/c1-17-14-29(18(2)16-30)26(33)22-12-20(11-10-19(3)31)13-27-24(22)34-23(17)15-28(4)25(32)21-8-6-5-7-9-21/h5-9,12-13,17-19,23,30-31H,14-16H2,1-4H3/t17-,18+,19+,23+/m1/s1. The molecule has 1 aliphatic rings. The number of carbonyl (C=O) groups excluding carboxylic acids is 2. The first-order valence-corrected chi connectivity index (χ1v) is 11.3. The number of fused-ring (bicyclic) bond motifs is 1. The monoisotopic (exact) mass is 465 g/mol. The van der Waals surface area contributed by atoms with Gasteiger partial charge >= 0.3 is 0 Å². The number of aliphatic hydroxyl groups excluding tert-OH is 2. The van der Waals surface area contributed by atoms with Crippen LogP contribution in [0.25, 0.3) is 0 Å². The van der Waals surface area contributed by atoms with Crippen LogP contribution in [0.5, 0.6) is 5.88 Å². The summed E-state index contributed by atoms with van der Waals surface area (Å²) < 4.78 is 6.21. The Morgan fingerprint density at radius 2 is 2.03 bits per heavy atom. The largest absolute Gasteiger partial charge is 0.472 e. The third-order valence-corrected chi connectivity index (χ3v) is 5.77. The van der Waals surface area contributed by atoms with Gasteiger partial charge in [0.1, 0.15) is 17.8 Å². The zero-order valence-electron chi connectivity index (χ0n) is 19.9. The van der Waals surface area contributed by atoms with Gasteiger partial charge in [-0.15, -0.1) is 0 Å². The quantitative estimate of drug-likeness (QED) is 0.653. The van der Waals surface area contributed by atoms with E-state index in [0.717, 1.165) is 0 Å². The van der Waals surface area contributed by atoms with Crippen LogP contribution in [-0.2, 0) is 0 Å². The summed E-state index contributed by atoms with van der Waals surface area (Å²) in [5.74, 6) is 5.00. The van der Waals surface area contributed by atoms with Gasteiger partial charge < -0.3 is 24.7 Å². The van der Waals surface area contributed by atoms with Crippen LogP contribution in [0.3, 0.4) is 0 Å². The van der Waals surface area contributed by atoms with Crippen molar-refractivity contribution >= 4 is 11.8 Å². The van der Waals surface area contributed by atoms with Crippen molar-refractivity contribution in [2.45, 2.75) is 39.0 Å². The Kier molecular flexibility index (Phi) is 8.26. The van der Waals surface area contributed by atoms with E-state index < -0.39 is 18.2 Å². The van der Waals surface area contributed by atoms with Crippen molar-refractivity contribution < 1.29 is 24.5 Å². The third-order valence-electron chi connectivity index (χ3n) is 5.77. The van der Waals surface area contributed by atoms with E-state index in [1.807, 2.05) is 25.1 Å². The molecule has 0 fully saturated rings. The van der Waals surface area contributed by atoms with Crippen LogP contribution in [-0.4, -0.2) is 81.8 Å². The van der Waals surface area contributed by atoms with Gasteiger partial charge in [0.2, 0.25) is 5.88 Å². The Balaban J connectivity index is 1.95. The highest BCUT2D eigenvalue weighted by Crippen LogP contribution is 2.27. The molecule has 2 amide bonds. The normalized spacial score (nSPS) is 19.5. The molecular weight excluding hydrogens is 434 g/mol. The highest BCUT2D eigenvalue weighted by Gasteiger charge is 2.34. The van der Waals surface area contributed by atoms with E-state index in [2.05, 4.69) is 16.8 Å². The van der Waals surface area contributed by atoms with Crippen LogP contribution in [0.1, 0.15) is 47.1 Å². The fourth-order valence-corrected chi connectivity index (χ4v) is 3.73. The number of likely N-dealkylation sites (N-methyl/N-ethyl adjacent to an activating group) is 1. The van der Waals surface area contributed by atoms with Crippen molar-refractivity contribution in [2.24, 2.45) is 5.92 Å². The third kappa shape index (κ3) is 5.93. The second-order valence-electron chi connectivity index (χ2n) is 8.70. The molecule has 0 spiro atoms. The van der Waals surface area contributed by atoms with Gasteiger partial charge in [-0.05, 0) is 32.0 Å². The Bertz CT molecular complexity index is 1080. The highest BCUT2D eigenvalue weighted by molar-refractivity contribution is 5.97. The minimum Gasteiger partial charge on any atom is -0.472 e. The predicted octanol–water partition coefficient (Wildman–Crippen LogP) is 1.81. The molecule has 0 bridgehead atoms. The summed E-state index contributed by atoms with van der Waals surface area (Å²) in [7, 11) is 1.71. The summed E-state index contributed by atoms with van der Waals surface area (Å²) in [4.78, 5) is 33.8. The zero-order chi connectivity index (χ0) is 24.8. The van der Waals surface area contributed by atoms with E-state index in [9.17, 15) is 19.8 Å². The summed E-state index contributed by atoms with van der Waals surface area (Å²) >= 11 is 0. The second kappa shape index (κ2) is 11.1. The molecule has 8 heteroatoms.